The van der Waals surface area contributed by atoms with Gasteiger partial charge < -0.3 is 9.15 Å². The average molecular weight is 244 g/mol. The minimum Gasteiger partial charge on any atom is -0.460 e. The van der Waals surface area contributed by atoms with Gasteiger partial charge >= 0.3 is 5.97 Å². The van der Waals surface area contributed by atoms with Gasteiger partial charge in [0.05, 0.1) is 6.61 Å². The zero-order valence-electron chi connectivity index (χ0n) is 10.8. The van der Waals surface area contributed by atoms with Crippen LogP contribution >= 0.6 is 0 Å². The third kappa shape index (κ3) is 2.62. The molecule has 0 atom stereocenters. The van der Waals surface area contributed by atoms with Crippen molar-refractivity contribution in [3.63, 3.8) is 0 Å². The normalized spacial score (nSPS) is 10.4. The molecule has 3 nitrogen and oxygen atoms in total. The van der Waals surface area contributed by atoms with Crippen LogP contribution in [-0.4, -0.2) is 12.6 Å². The quantitative estimate of drug-likeness (QED) is 0.772. The number of esters is 1. The Morgan fingerprint density at radius 1 is 1.17 bits per heavy atom. The smallest absolute Gasteiger partial charge is 0.374 e. The van der Waals surface area contributed by atoms with Crippen molar-refractivity contribution in [2.24, 2.45) is 0 Å². The number of hydrogen-bond donors (Lipinski definition) is 0. The Hall–Kier alpha value is -2.03. The summed E-state index contributed by atoms with van der Waals surface area (Å²) in [7, 11) is 0. The van der Waals surface area contributed by atoms with Gasteiger partial charge in [-0.1, -0.05) is 17.2 Å². The Kier molecular flexibility index (Phi) is 3.51. The number of ether oxygens (including phenoxy) is 1. The lowest BCUT2D eigenvalue weighted by Gasteiger charge is -2.02. The molecule has 0 spiro atoms. The van der Waals surface area contributed by atoms with Crippen molar-refractivity contribution in [2.75, 3.05) is 6.61 Å². The van der Waals surface area contributed by atoms with E-state index in [-0.39, 0.29) is 5.76 Å². The molecule has 0 saturated heterocycles. The van der Waals surface area contributed by atoms with Gasteiger partial charge in [0, 0.05) is 5.56 Å². The predicted octanol–water partition coefficient (Wildman–Crippen LogP) is 3.74. The van der Waals surface area contributed by atoms with Crippen LogP contribution in [0.3, 0.4) is 0 Å². The van der Waals surface area contributed by atoms with Gasteiger partial charge in [0.2, 0.25) is 5.76 Å². The minimum absolute atomic E-state index is 0.242. The molecule has 0 unspecified atom stereocenters. The Morgan fingerprint density at radius 2 is 1.83 bits per heavy atom. The molecule has 0 amide bonds. The summed E-state index contributed by atoms with van der Waals surface area (Å²) < 4.78 is 10.4. The molecule has 0 N–H and O–H groups in total. The third-order valence-electron chi connectivity index (χ3n) is 2.59. The second-order valence-electron chi connectivity index (χ2n) is 4.26. The average Bonchev–Trinajstić information content (AvgIpc) is 2.77. The van der Waals surface area contributed by atoms with E-state index in [2.05, 4.69) is 6.07 Å². The van der Waals surface area contributed by atoms with Crippen LogP contribution in [0, 0.1) is 13.8 Å². The van der Waals surface area contributed by atoms with Gasteiger partial charge in [0.15, 0.2) is 0 Å². The van der Waals surface area contributed by atoms with E-state index in [4.69, 9.17) is 9.15 Å². The Bertz CT molecular complexity index is 547. The molecule has 18 heavy (non-hydrogen) atoms. The van der Waals surface area contributed by atoms with Crippen molar-refractivity contribution < 1.29 is 13.9 Å². The lowest BCUT2D eigenvalue weighted by Crippen LogP contribution is -2.02. The van der Waals surface area contributed by atoms with Crippen molar-refractivity contribution in [1.29, 1.82) is 0 Å². The van der Waals surface area contributed by atoms with Crippen molar-refractivity contribution in [3.8, 4) is 11.3 Å². The first-order valence-electron chi connectivity index (χ1n) is 5.96. The van der Waals surface area contributed by atoms with Crippen LogP contribution in [0.4, 0.5) is 0 Å². The van der Waals surface area contributed by atoms with E-state index in [1.54, 1.807) is 19.1 Å². The lowest BCUT2D eigenvalue weighted by atomic mass is 10.1. The van der Waals surface area contributed by atoms with Gasteiger partial charge in [-0.3, -0.25) is 0 Å². The van der Waals surface area contributed by atoms with E-state index in [9.17, 15) is 4.79 Å². The molecule has 0 aliphatic heterocycles. The number of aryl methyl sites for hydroxylation is 2. The van der Waals surface area contributed by atoms with Crippen LogP contribution in [-0.2, 0) is 4.74 Å². The van der Waals surface area contributed by atoms with Crippen molar-refractivity contribution in [2.45, 2.75) is 20.8 Å². The molecular weight excluding hydrogens is 228 g/mol. The molecule has 2 rings (SSSR count). The first-order valence-corrected chi connectivity index (χ1v) is 5.96. The van der Waals surface area contributed by atoms with Gasteiger partial charge in [-0.05, 0) is 45.0 Å². The lowest BCUT2D eigenvalue weighted by molar-refractivity contribution is 0.0491. The van der Waals surface area contributed by atoms with Crippen LogP contribution in [0.2, 0.25) is 0 Å². The topological polar surface area (TPSA) is 39.4 Å². The monoisotopic (exact) mass is 244 g/mol. The highest BCUT2D eigenvalue weighted by Crippen LogP contribution is 2.24. The summed E-state index contributed by atoms with van der Waals surface area (Å²) in [6, 6.07) is 9.59. The van der Waals surface area contributed by atoms with Gasteiger partial charge in [-0.15, -0.1) is 0 Å². The van der Waals surface area contributed by atoms with E-state index in [1.807, 2.05) is 26.0 Å². The van der Waals surface area contributed by atoms with Crippen molar-refractivity contribution in [1.82, 2.24) is 0 Å². The fourth-order valence-corrected chi connectivity index (χ4v) is 1.92. The molecule has 1 aromatic heterocycles. The standard InChI is InChI=1S/C15H16O3/c1-4-17-15(16)14-6-5-13(18-14)12-8-10(2)7-11(3)9-12/h5-9H,4H2,1-3H3. The minimum atomic E-state index is -0.423. The molecule has 1 heterocycles. The fraction of sp³-hybridized carbons (Fsp3) is 0.267. The van der Waals surface area contributed by atoms with Gasteiger partial charge in [-0.25, -0.2) is 4.79 Å². The number of carbonyl (C=O) groups excluding carboxylic acids is 1. The molecule has 0 radical (unpaired) electrons. The van der Waals surface area contributed by atoms with E-state index in [0.717, 1.165) is 5.56 Å². The number of hydrogen-bond acceptors (Lipinski definition) is 3. The fourth-order valence-electron chi connectivity index (χ4n) is 1.92. The van der Waals surface area contributed by atoms with Gasteiger partial charge in [0.25, 0.3) is 0 Å². The molecule has 2 aromatic rings. The van der Waals surface area contributed by atoms with E-state index >= 15 is 0 Å². The maximum absolute atomic E-state index is 11.5. The highest BCUT2D eigenvalue weighted by atomic mass is 16.5. The van der Waals surface area contributed by atoms with Gasteiger partial charge in [-0.2, -0.15) is 0 Å². The maximum Gasteiger partial charge on any atom is 0.374 e. The Morgan fingerprint density at radius 3 is 2.44 bits per heavy atom. The largest absolute Gasteiger partial charge is 0.460 e. The summed E-state index contributed by atoms with van der Waals surface area (Å²) in [5.74, 6) is 0.504. The van der Waals surface area contributed by atoms with Gasteiger partial charge in [0.1, 0.15) is 5.76 Å². The summed E-state index contributed by atoms with van der Waals surface area (Å²) >= 11 is 0. The van der Waals surface area contributed by atoms with Crippen LogP contribution < -0.4 is 0 Å². The summed E-state index contributed by atoms with van der Waals surface area (Å²) in [4.78, 5) is 11.5. The first kappa shape index (κ1) is 12.4. The van der Waals surface area contributed by atoms with Crippen LogP contribution in [0.1, 0.15) is 28.6 Å². The van der Waals surface area contributed by atoms with Crippen LogP contribution in [0.15, 0.2) is 34.7 Å². The summed E-state index contributed by atoms with van der Waals surface area (Å²) in [5, 5.41) is 0. The summed E-state index contributed by atoms with van der Waals surface area (Å²) in [6.07, 6.45) is 0. The number of furan rings is 1. The second-order valence-corrected chi connectivity index (χ2v) is 4.26. The number of benzene rings is 1. The SMILES string of the molecule is CCOC(=O)c1ccc(-c2cc(C)cc(C)c2)o1. The first-order chi connectivity index (χ1) is 8.60. The predicted molar refractivity (Wildman–Crippen MR) is 69.6 cm³/mol. The van der Waals surface area contributed by atoms with E-state index < -0.39 is 5.97 Å². The zero-order chi connectivity index (χ0) is 13.1. The molecule has 0 aliphatic carbocycles. The van der Waals surface area contributed by atoms with Crippen LogP contribution in [0.25, 0.3) is 11.3 Å². The Balaban J connectivity index is 2.32. The molecule has 3 heteroatoms. The number of carbonyl (C=O) groups is 1. The molecule has 0 fully saturated rings. The van der Waals surface area contributed by atoms with Crippen LogP contribution in [0.5, 0.6) is 0 Å². The molecule has 0 bridgehead atoms. The van der Waals surface area contributed by atoms with E-state index in [0.29, 0.717) is 12.4 Å². The maximum atomic E-state index is 11.5. The Labute approximate surface area is 106 Å². The molecule has 94 valence electrons. The molecule has 1 aromatic carbocycles. The van der Waals surface area contributed by atoms with E-state index in [1.165, 1.54) is 11.1 Å². The third-order valence-corrected chi connectivity index (χ3v) is 2.59. The second kappa shape index (κ2) is 5.08. The highest BCUT2D eigenvalue weighted by molar-refractivity contribution is 5.87. The summed E-state index contributed by atoms with van der Waals surface area (Å²) in [6.45, 7) is 6.18. The van der Waals surface area contributed by atoms with Crippen molar-refractivity contribution in [3.05, 3.63) is 47.2 Å². The van der Waals surface area contributed by atoms with Crippen molar-refractivity contribution >= 4 is 5.97 Å². The zero-order valence-corrected chi connectivity index (χ0v) is 10.8. The molecule has 0 aliphatic rings. The molecular formula is C15H16O3. The molecule has 0 saturated carbocycles. The highest BCUT2D eigenvalue weighted by Gasteiger charge is 2.13. The summed E-state index contributed by atoms with van der Waals surface area (Å²) in [5.41, 5.74) is 3.31. The number of rotatable bonds is 3.